The van der Waals surface area contributed by atoms with Crippen LogP contribution in [0.5, 0.6) is 0 Å². The van der Waals surface area contributed by atoms with E-state index in [1.807, 2.05) is 33.0 Å². The van der Waals surface area contributed by atoms with Gasteiger partial charge in [-0.3, -0.25) is 4.90 Å². The molecule has 3 aromatic rings. The largest absolute Gasteiger partial charge is 0.444 e. The van der Waals surface area contributed by atoms with Crippen LogP contribution in [0.3, 0.4) is 0 Å². The van der Waals surface area contributed by atoms with E-state index in [1.54, 1.807) is 4.90 Å². The molecule has 0 aliphatic carbocycles. The molecule has 1 amide bonds. The van der Waals surface area contributed by atoms with E-state index >= 15 is 0 Å². The molecule has 1 aliphatic rings. The van der Waals surface area contributed by atoms with Crippen molar-refractivity contribution in [2.75, 3.05) is 6.54 Å². The van der Waals surface area contributed by atoms with Gasteiger partial charge in [0.15, 0.2) is 0 Å². The monoisotopic (exact) mass is 417 g/mol. The van der Waals surface area contributed by atoms with E-state index in [-0.39, 0.29) is 12.1 Å². The number of benzene rings is 2. The van der Waals surface area contributed by atoms with Crippen LogP contribution in [-0.2, 0) is 4.74 Å². The average Bonchev–Trinajstić information content (AvgIpc) is 3.38. The molecular formula is C26H31N3O2. The van der Waals surface area contributed by atoms with E-state index in [1.165, 1.54) is 22.3 Å². The van der Waals surface area contributed by atoms with Crippen molar-refractivity contribution in [3.63, 3.8) is 0 Å². The van der Waals surface area contributed by atoms with E-state index in [0.29, 0.717) is 6.54 Å². The fourth-order valence-electron chi connectivity index (χ4n) is 4.18. The molecule has 1 fully saturated rings. The highest BCUT2D eigenvalue weighted by molar-refractivity contribution is 5.75. The maximum absolute atomic E-state index is 12.7. The summed E-state index contributed by atoms with van der Waals surface area (Å²) >= 11 is 0. The highest BCUT2D eigenvalue weighted by atomic mass is 16.6. The molecule has 1 aliphatic heterocycles. The van der Waals surface area contributed by atoms with Gasteiger partial charge in [-0.25, -0.2) is 9.78 Å². The number of rotatable bonds is 3. The minimum Gasteiger partial charge on any atom is -0.444 e. The van der Waals surface area contributed by atoms with Crippen molar-refractivity contribution in [3.8, 4) is 22.4 Å². The molecular weight excluding hydrogens is 386 g/mol. The molecule has 1 atom stereocenters. The van der Waals surface area contributed by atoms with Crippen LogP contribution in [0.4, 0.5) is 4.79 Å². The third kappa shape index (κ3) is 4.50. The van der Waals surface area contributed by atoms with Gasteiger partial charge in [0, 0.05) is 12.1 Å². The van der Waals surface area contributed by atoms with Crippen LogP contribution in [0.2, 0.25) is 0 Å². The Labute approximate surface area is 184 Å². The number of H-pyrrole nitrogens is 1. The smallest absolute Gasteiger partial charge is 0.410 e. The van der Waals surface area contributed by atoms with E-state index in [4.69, 9.17) is 4.74 Å². The zero-order chi connectivity index (χ0) is 22.2. The Balaban J connectivity index is 1.63. The quantitative estimate of drug-likeness (QED) is 0.534. The van der Waals surface area contributed by atoms with E-state index < -0.39 is 5.60 Å². The lowest BCUT2D eigenvalue weighted by Crippen LogP contribution is -2.36. The first-order chi connectivity index (χ1) is 14.7. The van der Waals surface area contributed by atoms with Crippen LogP contribution < -0.4 is 0 Å². The summed E-state index contributed by atoms with van der Waals surface area (Å²) in [5.41, 5.74) is 6.50. The number of nitrogens with zero attached hydrogens (tertiary/aromatic N) is 2. The van der Waals surface area contributed by atoms with Gasteiger partial charge < -0.3 is 9.72 Å². The van der Waals surface area contributed by atoms with Gasteiger partial charge in [0.2, 0.25) is 0 Å². The standard InChI is InChI=1S/C26H31N3O2/c1-17-14-20(15-21(18(17)2)19-10-7-6-8-11-19)22-16-27-24(28-22)23-12-9-13-29(23)25(30)31-26(3,4)5/h6-8,10-11,14-16,23H,9,12-13H2,1-5H3,(H,27,28)/t23-/m0/s1. The maximum Gasteiger partial charge on any atom is 0.410 e. The van der Waals surface area contributed by atoms with Crippen LogP contribution in [0.25, 0.3) is 22.4 Å². The second-order valence-corrected chi connectivity index (χ2v) is 9.35. The van der Waals surface area contributed by atoms with Gasteiger partial charge in [-0.1, -0.05) is 30.3 Å². The van der Waals surface area contributed by atoms with Gasteiger partial charge >= 0.3 is 6.09 Å². The Hall–Kier alpha value is -3.08. The summed E-state index contributed by atoms with van der Waals surface area (Å²) in [7, 11) is 0. The maximum atomic E-state index is 12.7. The number of aromatic amines is 1. The van der Waals surface area contributed by atoms with Crippen molar-refractivity contribution in [2.45, 2.75) is 59.1 Å². The first-order valence-electron chi connectivity index (χ1n) is 10.9. The van der Waals surface area contributed by atoms with E-state index in [0.717, 1.165) is 29.9 Å². The van der Waals surface area contributed by atoms with Crippen molar-refractivity contribution >= 4 is 6.09 Å². The van der Waals surface area contributed by atoms with Gasteiger partial charge in [-0.2, -0.15) is 0 Å². The molecule has 5 nitrogen and oxygen atoms in total. The van der Waals surface area contributed by atoms with Crippen LogP contribution >= 0.6 is 0 Å². The van der Waals surface area contributed by atoms with Gasteiger partial charge in [0.1, 0.15) is 11.4 Å². The van der Waals surface area contributed by atoms with Crippen LogP contribution in [0.15, 0.2) is 48.7 Å². The zero-order valence-electron chi connectivity index (χ0n) is 19.0. The third-order valence-corrected chi connectivity index (χ3v) is 5.86. The lowest BCUT2D eigenvalue weighted by atomic mass is 9.93. The Morgan fingerprint density at radius 3 is 2.58 bits per heavy atom. The number of carbonyl (C=O) groups excluding carboxylic acids is 1. The zero-order valence-corrected chi connectivity index (χ0v) is 19.0. The summed E-state index contributed by atoms with van der Waals surface area (Å²) in [6, 6.07) is 14.8. The van der Waals surface area contributed by atoms with Crippen molar-refractivity contribution in [2.24, 2.45) is 0 Å². The summed E-state index contributed by atoms with van der Waals surface area (Å²) in [5, 5.41) is 0. The van der Waals surface area contributed by atoms with E-state index in [9.17, 15) is 4.79 Å². The third-order valence-electron chi connectivity index (χ3n) is 5.86. The van der Waals surface area contributed by atoms with Crippen LogP contribution in [-0.4, -0.2) is 33.1 Å². The molecule has 5 heteroatoms. The summed E-state index contributed by atoms with van der Waals surface area (Å²) in [6.07, 6.45) is 3.43. The first-order valence-corrected chi connectivity index (χ1v) is 10.9. The van der Waals surface area contributed by atoms with Crippen molar-refractivity contribution in [1.82, 2.24) is 14.9 Å². The number of hydrogen-bond donors (Lipinski definition) is 1. The summed E-state index contributed by atoms with van der Waals surface area (Å²) in [5.74, 6) is 0.817. The van der Waals surface area contributed by atoms with Gasteiger partial charge in [-0.05, 0) is 81.8 Å². The molecule has 162 valence electrons. The minimum atomic E-state index is -0.508. The number of amides is 1. The highest BCUT2D eigenvalue weighted by Gasteiger charge is 2.34. The lowest BCUT2D eigenvalue weighted by Gasteiger charge is -2.27. The second kappa shape index (κ2) is 8.22. The normalized spacial score (nSPS) is 16.5. The minimum absolute atomic E-state index is 0.0799. The second-order valence-electron chi connectivity index (χ2n) is 9.35. The number of hydrogen-bond acceptors (Lipinski definition) is 3. The Bertz CT molecular complexity index is 1080. The molecule has 0 unspecified atom stereocenters. The fourth-order valence-corrected chi connectivity index (χ4v) is 4.18. The Kier molecular flexibility index (Phi) is 5.61. The topological polar surface area (TPSA) is 58.2 Å². The Morgan fingerprint density at radius 2 is 1.87 bits per heavy atom. The summed E-state index contributed by atoms with van der Waals surface area (Å²) in [4.78, 5) is 22.6. The molecule has 2 heterocycles. The van der Waals surface area contributed by atoms with Gasteiger partial charge in [0.25, 0.3) is 0 Å². The van der Waals surface area contributed by atoms with Gasteiger partial charge in [-0.15, -0.1) is 0 Å². The number of nitrogens with one attached hydrogen (secondary N) is 1. The molecule has 0 bridgehead atoms. The average molecular weight is 418 g/mol. The number of aromatic nitrogens is 2. The molecule has 0 spiro atoms. The van der Waals surface area contributed by atoms with Crippen LogP contribution in [0.1, 0.15) is 56.6 Å². The molecule has 0 saturated carbocycles. The van der Waals surface area contributed by atoms with Crippen LogP contribution in [0, 0.1) is 13.8 Å². The fraction of sp³-hybridized carbons (Fsp3) is 0.385. The Morgan fingerprint density at radius 1 is 1.13 bits per heavy atom. The molecule has 31 heavy (non-hydrogen) atoms. The number of ether oxygens (including phenoxy) is 1. The van der Waals surface area contributed by atoms with E-state index in [2.05, 4.69) is 60.2 Å². The molecule has 2 aromatic carbocycles. The lowest BCUT2D eigenvalue weighted by molar-refractivity contribution is 0.0218. The summed E-state index contributed by atoms with van der Waals surface area (Å²) in [6.45, 7) is 10.7. The molecule has 4 rings (SSSR count). The first kappa shape index (κ1) is 21.2. The van der Waals surface area contributed by atoms with Gasteiger partial charge in [0.05, 0.1) is 17.9 Å². The molecule has 1 saturated heterocycles. The molecule has 0 radical (unpaired) electrons. The number of aryl methyl sites for hydroxylation is 1. The predicted molar refractivity (Wildman–Crippen MR) is 124 cm³/mol. The van der Waals surface area contributed by atoms with Crippen molar-refractivity contribution < 1.29 is 9.53 Å². The predicted octanol–water partition coefficient (Wildman–Crippen LogP) is 6.43. The highest BCUT2D eigenvalue weighted by Crippen LogP contribution is 2.35. The van der Waals surface area contributed by atoms with Crippen molar-refractivity contribution in [3.05, 3.63) is 65.6 Å². The number of imidazole rings is 1. The van der Waals surface area contributed by atoms with Crippen molar-refractivity contribution in [1.29, 1.82) is 0 Å². The molecule has 1 aromatic heterocycles. The summed E-state index contributed by atoms with van der Waals surface area (Å²) < 4.78 is 5.60. The number of carbonyl (C=O) groups is 1. The number of likely N-dealkylation sites (tertiary alicyclic amines) is 1. The molecule has 1 N–H and O–H groups in total. The SMILES string of the molecule is Cc1cc(-c2cnc([C@@H]3CCCN3C(=O)OC(C)(C)C)[nH]2)cc(-c2ccccc2)c1C.